The van der Waals surface area contributed by atoms with Crippen LogP contribution in [-0.2, 0) is 0 Å². The van der Waals surface area contributed by atoms with Crippen molar-refractivity contribution in [1.29, 1.82) is 0 Å². The second-order valence-electron chi connectivity index (χ2n) is 12.9. The van der Waals surface area contributed by atoms with Crippen molar-refractivity contribution in [2.45, 2.75) is 105 Å². The van der Waals surface area contributed by atoms with Gasteiger partial charge in [0.2, 0.25) is 0 Å². The van der Waals surface area contributed by atoms with Gasteiger partial charge in [0, 0.05) is 0 Å². The Kier molecular flexibility index (Phi) is 5.13. The van der Waals surface area contributed by atoms with Gasteiger partial charge in [-0.25, -0.2) is 0 Å². The molecule has 0 aromatic rings. The molecule has 0 radical (unpaired) electrons. The number of aliphatic hydroxyl groups excluding tert-OH is 1. The van der Waals surface area contributed by atoms with E-state index in [-0.39, 0.29) is 6.10 Å². The van der Waals surface area contributed by atoms with E-state index >= 15 is 0 Å². The van der Waals surface area contributed by atoms with Crippen molar-refractivity contribution in [3.63, 3.8) is 0 Å². The van der Waals surface area contributed by atoms with Gasteiger partial charge >= 0.3 is 0 Å². The van der Waals surface area contributed by atoms with E-state index < -0.39 is 0 Å². The van der Waals surface area contributed by atoms with Crippen molar-refractivity contribution in [3.8, 4) is 0 Å². The van der Waals surface area contributed by atoms with E-state index in [4.69, 9.17) is 0 Å². The number of rotatable bonds is 3. The number of fused-ring (bicyclic) bond motifs is 5. The third-order valence-corrected chi connectivity index (χ3v) is 11.4. The minimum atomic E-state index is -0.0815. The van der Waals surface area contributed by atoms with Gasteiger partial charge in [-0.15, -0.1) is 0 Å². The first-order valence-electron chi connectivity index (χ1n) is 13.2. The number of hydrogen-bond donors (Lipinski definition) is 1. The van der Waals surface area contributed by atoms with Crippen molar-refractivity contribution in [1.82, 2.24) is 0 Å². The van der Waals surface area contributed by atoms with Gasteiger partial charge < -0.3 is 5.11 Å². The van der Waals surface area contributed by atoms with E-state index in [1.165, 1.54) is 44.9 Å². The van der Waals surface area contributed by atoms with E-state index in [1.807, 2.05) is 0 Å². The van der Waals surface area contributed by atoms with Crippen LogP contribution in [0, 0.1) is 52.3 Å². The number of aliphatic hydroxyl groups is 1. The zero-order valence-corrected chi connectivity index (χ0v) is 20.5. The Morgan fingerprint density at radius 2 is 1.87 bits per heavy atom. The predicted molar refractivity (Wildman–Crippen MR) is 126 cm³/mol. The number of hydrogen-bond acceptors (Lipinski definition) is 1. The molecule has 0 aliphatic heterocycles. The maximum atomic E-state index is 10.3. The molecule has 2 unspecified atom stereocenters. The molecule has 0 saturated heterocycles. The lowest BCUT2D eigenvalue weighted by Gasteiger charge is -2.58. The summed E-state index contributed by atoms with van der Waals surface area (Å²) in [5.74, 6) is 6.25. The monoisotopic (exact) mass is 410 g/mol. The fourth-order valence-corrected chi connectivity index (χ4v) is 9.81. The van der Waals surface area contributed by atoms with Crippen LogP contribution in [-0.4, -0.2) is 11.2 Å². The summed E-state index contributed by atoms with van der Waals surface area (Å²) in [5, 5.41) is 10.3. The first kappa shape index (κ1) is 21.3. The molecule has 1 heteroatoms. The molecule has 10 atom stereocenters. The summed E-state index contributed by atoms with van der Waals surface area (Å²) in [6.45, 7) is 15.0. The molecule has 4 saturated carbocycles. The van der Waals surface area contributed by atoms with Gasteiger partial charge in [0.15, 0.2) is 0 Å². The zero-order valence-electron chi connectivity index (χ0n) is 20.5. The van der Waals surface area contributed by atoms with Gasteiger partial charge in [-0.3, -0.25) is 0 Å². The Labute approximate surface area is 185 Å². The molecular weight excluding hydrogens is 364 g/mol. The Morgan fingerprint density at radius 1 is 1.10 bits per heavy atom. The summed E-state index contributed by atoms with van der Waals surface area (Å²) in [4.78, 5) is 0. The Hall–Kier alpha value is -0.560. The lowest BCUT2D eigenvalue weighted by atomic mass is 9.47. The highest BCUT2D eigenvalue weighted by Crippen LogP contribution is 2.68. The quantitative estimate of drug-likeness (QED) is 0.476. The van der Waals surface area contributed by atoms with E-state index in [0.717, 1.165) is 54.3 Å². The lowest BCUT2D eigenvalue weighted by Crippen LogP contribution is -2.50. The van der Waals surface area contributed by atoms with Crippen molar-refractivity contribution in [3.05, 3.63) is 22.8 Å². The van der Waals surface area contributed by atoms with Gasteiger partial charge in [-0.05, 0) is 124 Å². The molecule has 5 rings (SSSR count). The van der Waals surface area contributed by atoms with Gasteiger partial charge in [-0.2, -0.15) is 0 Å². The van der Waals surface area contributed by atoms with Crippen LogP contribution in [0.3, 0.4) is 0 Å². The van der Waals surface area contributed by atoms with Crippen LogP contribution in [0.25, 0.3) is 0 Å². The van der Waals surface area contributed by atoms with Gasteiger partial charge in [0.25, 0.3) is 0 Å². The summed E-state index contributed by atoms with van der Waals surface area (Å²) < 4.78 is 0. The molecule has 168 valence electrons. The second kappa shape index (κ2) is 7.23. The van der Waals surface area contributed by atoms with Gasteiger partial charge in [-0.1, -0.05) is 50.5 Å². The largest absolute Gasteiger partial charge is 0.393 e. The van der Waals surface area contributed by atoms with E-state index in [9.17, 15) is 5.11 Å². The van der Waals surface area contributed by atoms with Crippen LogP contribution in [0.5, 0.6) is 0 Å². The van der Waals surface area contributed by atoms with Crippen LogP contribution in [0.1, 0.15) is 99.3 Å². The molecule has 0 heterocycles. The zero-order chi connectivity index (χ0) is 21.4. The van der Waals surface area contributed by atoms with E-state index in [1.54, 1.807) is 16.7 Å². The normalized spacial score (nSPS) is 50.8. The molecule has 0 spiro atoms. The molecule has 0 aromatic carbocycles. The lowest BCUT2D eigenvalue weighted by molar-refractivity contribution is -0.0574. The molecule has 30 heavy (non-hydrogen) atoms. The minimum Gasteiger partial charge on any atom is -0.393 e. The standard InChI is InChI=1S/C29H46O/c1-17(2)27-19(4)23(27)15-18(3)24-9-10-25-22-8-7-20-16-21(30)11-13-28(20,5)26(22)12-14-29(24,25)6/h7,18-19,21-26,30H,8-16H2,1-6H3/t18-,19?,21+,22+,23?,24-,25+,26+,28+,29-/m1/s1. The molecule has 1 nitrogen and oxygen atoms in total. The fraction of sp³-hybridized carbons (Fsp3) is 0.862. The smallest absolute Gasteiger partial charge is 0.0577 e. The fourth-order valence-electron chi connectivity index (χ4n) is 9.81. The van der Waals surface area contributed by atoms with Crippen molar-refractivity contribution >= 4 is 0 Å². The highest BCUT2D eigenvalue weighted by molar-refractivity contribution is 5.32. The summed E-state index contributed by atoms with van der Waals surface area (Å²) in [6.07, 6.45) is 14.3. The van der Waals surface area contributed by atoms with Gasteiger partial charge in [0.1, 0.15) is 0 Å². The van der Waals surface area contributed by atoms with Crippen molar-refractivity contribution < 1.29 is 5.11 Å². The van der Waals surface area contributed by atoms with Crippen LogP contribution in [0.2, 0.25) is 0 Å². The molecule has 0 bridgehead atoms. The van der Waals surface area contributed by atoms with Crippen LogP contribution in [0.4, 0.5) is 0 Å². The first-order chi connectivity index (χ1) is 14.2. The highest BCUT2D eigenvalue weighted by Gasteiger charge is 2.59. The van der Waals surface area contributed by atoms with Crippen LogP contribution < -0.4 is 0 Å². The summed E-state index contributed by atoms with van der Waals surface area (Å²) in [5.41, 5.74) is 5.94. The summed E-state index contributed by atoms with van der Waals surface area (Å²) in [7, 11) is 0. The topological polar surface area (TPSA) is 20.2 Å². The second-order valence-corrected chi connectivity index (χ2v) is 12.9. The maximum absolute atomic E-state index is 10.3. The third-order valence-electron chi connectivity index (χ3n) is 11.4. The van der Waals surface area contributed by atoms with Crippen LogP contribution in [0.15, 0.2) is 22.8 Å². The molecular formula is C29H46O. The Bertz CT molecular complexity index is 756. The average molecular weight is 411 g/mol. The maximum Gasteiger partial charge on any atom is 0.0577 e. The molecule has 0 amide bonds. The highest BCUT2D eigenvalue weighted by atomic mass is 16.3. The number of allylic oxidation sites excluding steroid dienone is 3. The first-order valence-corrected chi connectivity index (χ1v) is 13.2. The minimum absolute atomic E-state index is 0.0815. The molecule has 0 aromatic heterocycles. The van der Waals surface area contributed by atoms with E-state index in [0.29, 0.717) is 10.8 Å². The van der Waals surface area contributed by atoms with Crippen LogP contribution >= 0.6 is 0 Å². The van der Waals surface area contributed by atoms with Crippen molar-refractivity contribution in [2.24, 2.45) is 52.3 Å². The predicted octanol–water partition coefficient (Wildman–Crippen LogP) is 7.55. The SMILES string of the molecule is CC(C)=C1C(C)C1C[C@@H](C)[C@H]1CC[C@H]2[C@@H]3CC=C4C[C@@H](O)CC[C@]4(C)[C@H]3CC[C@]12C. The Morgan fingerprint density at radius 3 is 2.57 bits per heavy atom. The van der Waals surface area contributed by atoms with Crippen molar-refractivity contribution in [2.75, 3.05) is 0 Å². The molecule has 4 fully saturated rings. The third kappa shape index (κ3) is 3.04. The average Bonchev–Trinajstić information content (AvgIpc) is 3.17. The summed E-state index contributed by atoms with van der Waals surface area (Å²) >= 11 is 0. The summed E-state index contributed by atoms with van der Waals surface area (Å²) in [6, 6.07) is 0. The molecule has 1 N–H and O–H groups in total. The Balaban J connectivity index is 1.34. The molecule has 5 aliphatic carbocycles. The molecule has 5 aliphatic rings. The van der Waals surface area contributed by atoms with E-state index in [2.05, 4.69) is 47.6 Å². The van der Waals surface area contributed by atoms with Gasteiger partial charge in [0.05, 0.1) is 6.10 Å².